The fourth-order valence-electron chi connectivity index (χ4n) is 2.24. The Kier molecular flexibility index (Phi) is 3.72. The van der Waals surface area contributed by atoms with Crippen molar-refractivity contribution in [1.29, 1.82) is 0 Å². The third-order valence-corrected chi connectivity index (χ3v) is 3.11. The second-order valence-corrected chi connectivity index (χ2v) is 4.14. The van der Waals surface area contributed by atoms with Crippen molar-refractivity contribution in [3.8, 4) is 11.5 Å². The van der Waals surface area contributed by atoms with E-state index in [-0.39, 0.29) is 6.54 Å². The lowest BCUT2D eigenvalue weighted by Gasteiger charge is -2.24. The Bertz CT molecular complexity index is 459. The quantitative estimate of drug-likeness (QED) is 0.838. The van der Waals surface area contributed by atoms with Gasteiger partial charge in [0.25, 0.3) is 0 Å². The molecule has 1 aliphatic rings. The largest absolute Gasteiger partial charge is 0.486 e. The minimum Gasteiger partial charge on any atom is -0.486 e. The number of hydrogen-bond donors (Lipinski definition) is 2. The van der Waals surface area contributed by atoms with Crippen LogP contribution < -0.4 is 15.2 Å². The number of ether oxygens (including phenoxy) is 2. The Balaban J connectivity index is 2.51. The van der Waals surface area contributed by atoms with E-state index in [1.54, 1.807) is 12.1 Å². The number of carbonyl (C=O) groups is 1. The third kappa shape index (κ3) is 2.13. The number of hydrogen-bond acceptors (Lipinski definition) is 4. The topological polar surface area (TPSA) is 81.8 Å². The molecule has 1 aromatic carbocycles. The summed E-state index contributed by atoms with van der Waals surface area (Å²) < 4.78 is 11.1. The van der Waals surface area contributed by atoms with Gasteiger partial charge in [-0.1, -0.05) is 13.0 Å². The van der Waals surface area contributed by atoms with Crippen LogP contribution in [-0.2, 0) is 11.2 Å². The van der Waals surface area contributed by atoms with E-state index < -0.39 is 11.9 Å². The molecule has 0 amide bonds. The highest BCUT2D eigenvalue weighted by atomic mass is 16.6. The molecule has 5 nitrogen and oxygen atoms in total. The molecule has 1 heterocycles. The maximum absolute atomic E-state index is 11.2. The van der Waals surface area contributed by atoms with Crippen LogP contribution in [0.15, 0.2) is 12.1 Å². The van der Waals surface area contributed by atoms with E-state index in [4.69, 9.17) is 15.2 Å². The van der Waals surface area contributed by atoms with Crippen LogP contribution in [-0.4, -0.2) is 30.8 Å². The molecular formula is C13H17NO4. The first kappa shape index (κ1) is 12.7. The van der Waals surface area contributed by atoms with Crippen molar-refractivity contribution in [1.82, 2.24) is 0 Å². The number of nitrogens with two attached hydrogens (primary N) is 1. The molecule has 98 valence electrons. The first-order chi connectivity index (χ1) is 8.69. The number of benzene rings is 1. The molecule has 0 aromatic heterocycles. The van der Waals surface area contributed by atoms with Gasteiger partial charge in [0.2, 0.25) is 0 Å². The zero-order valence-corrected chi connectivity index (χ0v) is 10.3. The summed E-state index contributed by atoms with van der Waals surface area (Å²) in [5.74, 6) is -0.261. The van der Waals surface area contributed by atoms with Crippen molar-refractivity contribution in [2.45, 2.75) is 19.3 Å². The number of rotatable bonds is 4. The number of aliphatic carboxylic acids is 1. The smallest absolute Gasteiger partial charge is 0.312 e. The highest BCUT2D eigenvalue weighted by Crippen LogP contribution is 2.38. The van der Waals surface area contributed by atoms with E-state index in [1.807, 2.05) is 6.92 Å². The van der Waals surface area contributed by atoms with Gasteiger partial charge in [-0.2, -0.15) is 0 Å². The zero-order valence-electron chi connectivity index (χ0n) is 10.3. The Morgan fingerprint density at radius 3 is 2.78 bits per heavy atom. The van der Waals surface area contributed by atoms with Gasteiger partial charge in [0.1, 0.15) is 13.2 Å². The Labute approximate surface area is 106 Å². The van der Waals surface area contributed by atoms with Crippen LogP contribution in [0.2, 0.25) is 0 Å². The molecule has 0 saturated heterocycles. The van der Waals surface area contributed by atoms with Gasteiger partial charge in [-0.05, 0) is 18.1 Å². The average Bonchev–Trinajstić information content (AvgIpc) is 2.38. The number of carboxylic acids is 1. The van der Waals surface area contributed by atoms with E-state index in [1.165, 1.54) is 0 Å². The van der Waals surface area contributed by atoms with Crippen LogP contribution in [0.25, 0.3) is 0 Å². The number of fused-ring (bicyclic) bond motifs is 1. The second-order valence-electron chi connectivity index (χ2n) is 4.14. The minimum absolute atomic E-state index is 0.0714. The zero-order chi connectivity index (χ0) is 13.1. The molecule has 1 aromatic rings. The molecule has 3 N–H and O–H groups in total. The molecule has 1 aliphatic heterocycles. The van der Waals surface area contributed by atoms with Crippen molar-refractivity contribution in [2.75, 3.05) is 19.8 Å². The van der Waals surface area contributed by atoms with Gasteiger partial charge >= 0.3 is 5.97 Å². The SMILES string of the molecule is CCc1c(C(CN)C(=O)O)ccc2c1OCCO2. The van der Waals surface area contributed by atoms with Crippen molar-refractivity contribution >= 4 is 5.97 Å². The highest BCUT2D eigenvalue weighted by molar-refractivity contribution is 5.77. The normalized spacial score (nSPS) is 15.2. The molecule has 2 rings (SSSR count). The first-order valence-corrected chi connectivity index (χ1v) is 6.03. The molecular weight excluding hydrogens is 234 g/mol. The monoisotopic (exact) mass is 251 g/mol. The van der Waals surface area contributed by atoms with Crippen molar-refractivity contribution in [3.63, 3.8) is 0 Å². The summed E-state index contributed by atoms with van der Waals surface area (Å²) in [5.41, 5.74) is 7.15. The van der Waals surface area contributed by atoms with E-state index >= 15 is 0 Å². The molecule has 1 unspecified atom stereocenters. The molecule has 0 bridgehead atoms. The number of carboxylic acid groups (broad SMARTS) is 1. The summed E-state index contributed by atoms with van der Waals surface area (Å²) in [6, 6.07) is 3.53. The molecule has 0 fully saturated rings. The predicted octanol–water partition coefficient (Wildman–Crippen LogP) is 1.15. The Hall–Kier alpha value is -1.75. The lowest BCUT2D eigenvalue weighted by molar-refractivity contribution is -0.138. The predicted molar refractivity (Wildman–Crippen MR) is 66.2 cm³/mol. The van der Waals surface area contributed by atoms with Gasteiger partial charge < -0.3 is 20.3 Å². The average molecular weight is 251 g/mol. The van der Waals surface area contributed by atoms with Gasteiger partial charge in [-0.25, -0.2) is 0 Å². The molecule has 0 spiro atoms. The Morgan fingerprint density at radius 2 is 2.17 bits per heavy atom. The molecule has 5 heteroatoms. The van der Waals surface area contributed by atoms with Crippen molar-refractivity contribution < 1.29 is 19.4 Å². The van der Waals surface area contributed by atoms with Gasteiger partial charge in [0.15, 0.2) is 11.5 Å². The van der Waals surface area contributed by atoms with E-state index in [0.29, 0.717) is 31.1 Å². The molecule has 18 heavy (non-hydrogen) atoms. The highest BCUT2D eigenvalue weighted by Gasteiger charge is 2.25. The van der Waals surface area contributed by atoms with Crippen LogP contribution >= 0.6 is 0 Å². The maximum Gasteiger partial charge on any atom is 0.312 e. The summed E-state index contributed by atoms with van der Waals surface area (Å²) in [4.78, 5) is 11.2. The lowest BCUT2D eigenvalue weighted by atomic mass is 9.92. The van der Waals surface area contributed by atoms with Gasteiger partial charge in [0.05, 0.1) is 5.92 Å². The van der Waals surface area contributed by atoms with Crippen molar-refractivity contribution in [3.05, 3.63) is 23.3 Å². The van der Waals surface area contributed by atoms with Crippen LogP contribution in [0.1, 0.15) is 24.0 Å². The molecule has 1 atom stereocenters. The van der Waals surface area contributed by atoms with Gasteiger partial charge in [-0.3, -0.25) is 4.79 Å². The van der Waals surface area contributed by atoms with Gasteiger partial charge in [0, 0.05) is 12.1 Å². The molecule has 0 aliphatic carbocycles. The fourth-order valence-corrected chi connectivity index (χ4v) is 2.24. The second kappa shape index (κ2) is 5.27. The summed E-state index contributed by atoms with van der Waals surface area (Å²) >= 11 is 0. The van der Waals surface area contributed by atoms with E-state index in [0.717, 1.165) is 11.1 Å². The summed E-state index contributed by atoms with van der Waals surface area (Å²) in [6.07, 6.45) is 0.686. The maximum atomic E-state index is 11.2. The van der Waals surface area contributed by atoms with Crippen LogP contribution in [0.3, 0.4) is 0 Å². The first-order valence-electron chi connectivity index (χ1n) is 6.03. The van der Waals surface area contributed by atoms with E-state index in [9.17, 15) is 9.90 Å². The van der Waals surface area contributed by atoms with Crippen LogP contribution in [0.5, 0.6) is 11.5 Å². The standard InChI is InChI=1S/C13H17NO4/c1-2-8-9(10(7-14)13(15)16)3-4-11-12(8)18-6-5-17-11/h3-4,10H,2,5-7,14H2,1H3,(H,15,16). The lowest BCUT2D eigenvalue weighted by Crippen LogP contribution is -2.24. The van der Waals surface area contributed by atoms with E-state index in [2.05, 4.69) is 0 Å². The third-order valence-electron chi connectivity index (χ3n) is 3.11. The molecule has 0 saturated carbocycles. The minimum atomic E-state index is -0.913. The summed E-state index contributed by atoms with van der Waals surface area (Å²) in [7, 11) is 0. The molecule has 0 radical (unpaired) electrons. The van der Waals surface area contributed by atoms with Gasteiger partial charge in [-0.15, -0.1) is 0 Å². The Morgan fingerprint density at radius 1 is 1.44 bits per heavy atom. The summed E-state index contributed by atoms with van der Waals surface area (Å²) in [5, 5.41) is 9.20. The fraction of sp³-hybridized carbons (Fsp3) is 0.462. The van der Waals surface area contributed by atoms with Crippen LogP contribution in [0, 0.1) is 0 Å². The van der Waals surface area contributed by atoms with Crippen molar-refractivity contribution in [2.24, 2.45) is 5.73 Å². The van der Waals surface area contributed by atoms with Crippen LogP contribution in [0.4, 0.5) is 0 Å². The summed E-state index contributed by atoms with van der Waals surface area (Å²) in [6.45, 7) is 3.05.